The van der Waals surface area contributed by atoms with Crippen molar-refractivity contribution in [2.75, 3.05) is 18.2 Å². The van der Waals surface area contributed by atoms with Gasteiger partial charge >= 0.3 is 6.09 Å². The van der Waals surface area contributed by atoms with Gasteiger partial charge in [-0.05, 0) is 25.1 Å². The van der Waals surface area contributed by atoms with Crippen LogP contribution in [0.2, 0.25) is 0 Å². The number of methoxy groups -OCH3 is 1. The predicted octanol–water partition coefficient (Wildman–Crippen LogP) is 2.15. The Kier molecular flexibility index (Phi) is 3.18. The van der Waals surface area contributed by atoms with Crippen molar-refractivity contribution in [3.05, 3.63) is 30.2 Å². The summed E-state index contributed by atoms with van der Waals surface area (Å²) in [6.07, 6.45) is 1.19. The maximum absolute atomic E-state index is 11.1. The highest BCUT2D eigenvalue weighted by atomic mass is 16.5. The molecule has 1 aromatic heterocycles. The quantitative estimate of drug-likeness (QED) is 0.708. The molecule has 0 unspecified atom stereocenters. The molecule has 6 nitrogen and oxygen atoms in total. The molecule has 0 atom stereocenters. The highest BCUT2D eigenvalue weighted by Gasteiger charge is 2.07. The first-order chi connectivity index (χ1) is 8.60. The molecule has 2 rings (SSSR count). The van der Waals surface area contributed by atoms with Crippen LogP contribution in [-0.4, -0.2) is 23.2 Å². The lowest BCUT2D eigenvalue weighted by Crippen LogP contribution is -2.11. The van der Waals surface area contributed by atoms with E-state index in [0.717, 1.165) is 17.1 Å². The van der Waals surface area contributed by atoms with Crippen LogP contribution >= 0.6 is 0 Å². The molecule has 0 aliphatic rings. The Hall–Kier alpha value is -2.50. The summed E-state index contributed by atoms with van der Waals surface area (Å²) >= 11 is 0. The number of imidazole rings is 1. The van der Waals surface area contributed by atoms with E-state index in [1.165, 1.54) is 7.11 Å². The van der Waals surface area contributed by atoms with E-state index in [1.54, 1.807) is 18.3 Å². The molecule has 1 heterocycles. The number of rotatable bonds is 2. The van der Waals surface area contributed by atoms with Gasteiger partial charge in [0.25, 0.3) is 0 Å². The zero-order chi connectivity index (χ0) is 13.1. The van der Waals surface area contributed by atoms with Crippen LogP contribution in [0, 0.1) is 6.92 Å². The van der Waals surface area contributed by atoms with Gasteiger partial charge in [0, 0.05) is 16.9 Å². The van der Waals surface area contributed by atoms with Crippen LogP contribution in [0.25, 0.3) is 11.3 Å². The molecular formula is C12H14N4O2. The summed E-state index contributed by atoms with van der Waals surface area (Å²) in [6.45, 7) is 1.87. The molecule has 0 radical (unpaired) electrons. The van der Waals surface area contributed by atoms with Gasteiger partial charge in [0.15, 0.2) is 0 Å². The van der Waals surface area contributed by atoms with Crippen molar-refractivity contribution in [2.24, 2.45) is 0 Å². The summed E-state index contributed by atoms with van der Waals surface area (Å²) in [6, 6.07) is 5.23. The first-order valence-electron chi connectivity index (χ1n) is 5.36. The molecule has 0 spiro atoms. The number of hydrogen-bond donors (Lipinski definition) is 3. The van der Waals surface area contributed by atoms with Crippen molar-refractivity contribution < 1.29 is 9.53 Å². The van der Waals surface area contributed by atoms with Crippen LogP contribution in [-0.2, 0) is 4.74 Å². The van der Waals surface area contributed by atoms with Crippen molar-refractivity contribution in [3.8, 4) is 11.3 Å². The van der Waals surface area contributed by atoms with Gasteiger partial charge < -0.3 is 15.5 Å². The van der Waals surface area contributed by atoms with Gasteiger partial charge in [-0.25, -0.2) is 9.78 Å². The molecule has 4 N–H and O–H groups in total. The average Bonchev–Trinajstić information content (AvgIpc) is 2.75. The molecule has 0 saturated heterocycles. The van der Waals surface area contributed by atoms with Crippen LogP contribution < -0.4 is 11.1 Å². The first-order valence-corrected chi connectivity index (χ1v) is 5.36. The molecule has 1 amide bonds. The van der Waals surface area contributed by atoms with Gasteiger partial charge in [-0.2, -0.15) is 0 Å². The molecule has 94 valence electrons. The highest BCUT2D eigenvalue weighted by Crippen LogP contribution is 2.27. The zero-order valence-corrected chi connectivity index (χ0v) is 10.2. The second-order valence-electron chi connectivity index (χ2n) is 3.80. The zero-order valence-electron chi connectivity index (χ0n) is 10.2. The number of nitrogens with one attached hydrogen (secondary N) is 2. The Labute approximate surface area is 104 Å². The van der Waals surface area contributed by atoms with E-state index in [2.05, 4.69) is 20.0 Å². The molecule has 6 heteroatoms. The number of H-pyrrole nitrogens is 1. The third kappa shape index (κ3) is 2.42. The summed E-state index contributed by atoms with van der Waals surface area (Å²) in [5.41, 5.74) is 8.75. The number of hydrogen-bond acceptors (Lipinski definition) is 4. The number of carbonyl (C=O) groups excluding carboxylic acids is 1. The number of aryl methyl sites for hydroxylation is 1. The number of benzene rings is 1. The predicted molar refractivity (Wildman–Crippen MR) is 69.2 cm³/mol. The van der Waals surface area contributed by atoms with Gasteiger partial charge in [-0.1, -0.05) is 0 Å². The lowest BCUT2D eigenvalue weighted by molar-refractivity contribution is 0.187. The lowest BCUT2D eigenvalue weighted by Gasteiger charge is -2.07. The van der Waals surface area contributed by atoms with Gasteiger partial charge in [-0.3, -0.25) is 5.32 Å². The summed E-state index contributed by atoms with van der Waals surface area (Å²) in [5.74, 6) is 0.821. The Morgan fingerprint density at radius 2 is 2.28 bits per heavy atom. The number of aromatic amines is 1. The second kappa shape index (κ2) is 4.79. The largest absolute Gasteiger partial charge is 0.453 e. The lowest BCUT2D eigenvalue weighted by atomic mass is 10.1. The summed E-state index contributed by atoms with van der Waals surface area (Å²) in [5, 5.41) is 2.55. The van der Waals surface area contributed by atoms with Crippen LogP contribution in [0.4, 0.5) is 16.2 Å². The topological polar surface area (TPSA) is 93.0 Å². The van der Waals surface area contributed by atoms with Gasteiger partial charge in [0.05, 0.1) is 19.0 Å². The van der Waals surface area contributed by atoms with E-state index in [0.29, 0.717) is 11.4 Å². The SMILES string of the molecule is COC(=O)Nc1ccc(-c2cnc(C)[nH]2)c(N)c1. The molecule has 0 aliphatic heterocycles. The number of ether oxygens (including phenoxy) is 1. The molecule has 0 saturated carbocycles. The fraction of sp³-hybridized carbons (Fsp3) is 0.167. The number of nitrogen functional groups attached to an aromatic ring is 1. The summed E-state index contributed by atoms with van der Waals surface area (Å²) < 4.78 is 4.51. The van der Waals surface area contributed by atoms with Crippen LogP contribution in [0.3, 0.4) is 0 Å². The number of aromatic nitrogens is 2. The third-order valence-electron chi connectivity index (χ3n) is 2.48. The number of anilines is 2. The minimum Gasteiger partial charge on any atom is -0.453 e. The van der Waals surface area contributed by atoms with Crippen LogP contribution in [0.1, 0.15) is 5.82 Å². The minimum atomic E-state index is -0.528. The van der Waals surface area contributed by atoms with Gasteiger partial charge in [0.2, 0.25) is 0 Å². The van der Waals surface area contributed by atoms with Crippen LogP contribution in [0.5, 0.6) is 0 Å². The van der Waals surface area contributed by atoms with Crippen molar-refractivity contribution >= 4 is 17.5 Å². The van der Waals surface area contributed by atoms with E-state index in [4.69, 9.17) is 5.73 Å². The monoisotopic (exact) mass is 246 g/mol. The molecular weight excluding hydrogens is 232 g/mol. The van der Waals surface area contributed by atoms with E-state index in [1.807, 2.05) is 13.0 Å². The summed E-state index contributed by atoms with van der Waals surface area (Å²) in [7, 11) is 1.31. The molecule has 0 fully saturated rings. The Morgan fingerprint density at radius 3 is 2.83 bits per heavy atom. The van der Waals surface area contributed by atoms with Crippen LogP contribution in [0.15, 0.2) is 24.4 Å². The molecule has 18 heavy (non-hydrogen) atoms. The van der Waals surface area contributed by atoms with Crippen molar-refractivity contribution in [1.29, 1.82) is 0 Å². The fourth-order valence-corrected chi connectivity index (χ4v) is 1.61. The minimum absolute atomic E-state index is 0.528. The second-order valence-corrected chi connectivity index (χ2v) is 3.80. The first kappa shape index (κ1) is 12.0. The fourth-order valence-electron chi connectivity index (χ4n) is 1.61. The van der Waals surface area contributed by atoms with Gasteiger partial charge in [0.1, 0.15) is 5.82 Å². The molecule has 0 aliphatic carbocycles. The Morgan fingerprint density at radius 1 is 1.50 bits per heavy atom. The molecule has 2 aromatic rings. The maximum Gasteiger partial charge on any atom is 0.411 e. The molecule has 1 aromatic carbocycles. The number of carbonyl (C=O) groups is 1. The number of nitrogens with two attached hydrogens (primary N) is 1. The van der Waals surface area contributed by atoms with E-state index in [-0.39, 0.29) is 0 Å². The van der Waals surface area contributed by atoms with E-state index >= 15 is 0 Å². The smallest absolute Gasteiger partial charge is 0.411 e. The molecule has 0 bridgehead atoms. The Bertz CT molecular complexity index is 577. The standard InChI is InChI=1S/C12H14N4O2/c1-7-14-6-11(15-7)9-4-3-8(5-10(9)13)16-12(17)18-2/h3-6H,13H2,1-2H3,(H,14,15)(H,16,17). The average molecular weight is 246 g/mol. The number of nitrogens with zero attached hydrogens (tertiary/aromatic N) is 1. The Balaban J connectivity index is 2.28. The highest BCUT2D eigenvalue weighted by molar-refractivity contribution is 5.87. The summed E-state index contributed by atoms with van der Waals surface area (Å²) in [4.78, 5) is 18.3. The van der Waals surface area contributed by atoms with Gasteiger partial charge in [-0.15, -0.1) is 0 Å². The maximum atomic E-state index is 11.1. The number of amides is 1. The van der Waals surface area contributed by atoms with E-state index in [9.17, 15) is 4.79 Å². The van der Waals surface area contributed by atoms with E-state index < -0.39 is 6.09 Å². The van der Waals surface area contributed by atoms with Crippen molar-refractivity contribution in [3.63, 3.8) is 0 Å². The van der Waals surface area contributed by atoms with Crippen molar-refractivity contribution in [2.45, 2.75) is 6.92 Å². The van der Waals surface area contributed by atoms with Crippen molar-refractivity contribution in [1.82, 2.24) is 9.97 Å². The normalized spacial score (nSPS) is 10.1. The third-order valence-corrected chi connectivity index (χ3v) is 2.48.